The van der Waals surface area contributed by atoms with E-state index >= 15 is 0 Å². The van der Waals surface area contributed by atoms with Crippen molar-refractivity contribution < 1.29 is 4.39 Å². The summed E-state index contributed by atoms with van der Waals surface area (Å²) >= 11 is 0. The van der Waals surface area contributed by atoms with E-state index in [0.29, 0.717) is 5.92 Å². The van der Waals surface area contributed by atoms with Crippen LogP contribution in [0.25, 0.3) is 0 Å². The first-order valence-corrected chi connectivity index (χ1v) is 3.95. The van der Waals surface area contributed by atoms with E-state index in [1.54, 1.807) is 0 Å². The zero-order valence-electron chi connectivity index (χ0n) is 6.65. The minimum Gasteiger partial charge on any atom is -0.247 e. The van der Waals surface area contributed by atoms with Crippen LogP contribution in [0.5, 0.6) is 0 Å². The summed E-state index contributed by atoms with van der Waals surface area (Å²) in [5.74, 6) is 0.347. The Labute approximate surface area is 57.5 Å². The molecule has 0 aliphatic heterocycles. The Hall–Kier alpha value is -0.0700. The van der Waals surface area contributed by atoms with Crippen LogP contribution in [0.3, 0.4) is 0 Å². The van der Waals surface area contributed by atoms with E-state index in [9.17, 15) is 4.39 Å². The van der Waals surface area contributed by atoms with E-state index in [1.165, 1.54) is 0 Å². The van der Waals surface area contributed by atoms with Gasteiger partial charge in [0.1, 0.15) is 6.17 Å². The third-order valence-electron chi connectivity index (χ3n) is 1.76. The molecule has 2 atom stereocenters. The van der Waals surface area contributed by atoms with E-state index in [0.717, 1.165) is 19.3 Å². The molecule has 0 bridgehead atoms. The van der Waals surface area contributed by atoms with Gasteiger partial charge in [0.25, 0.3) is 0 Å². The second kappa shape index (κ2) is 4.78. The van der Waals surface area contributed by atoms with Crippen LogP contribution in [-0.2, 0) is 0 Å². The molecule has 0 spiro atoms. The molecule has 0 saturated heterocycles. The zero-order chi connectivity index (χ0) is 7.28. The Morgan fingerprint density at radius 1 is 1.22 bits per heavy atom. The second-order valence-electron chi connectivity index (χ2n) is 2.42. The molecule has 0 unspecified atom stereocenters. The van der Waals surface area contributed by atoms with Crippen LogP contribution in [0.4, 0.5) is 4.39 Å². The van der Waals surface area contributed by atoms with Crippen molar-refractivity contribution in [1.82, 2.24) is 0 Å². The third kappa shape index (κ3) is 2.83. The predicted molar refractivity (Wildman–Crippen MR) is 39.3 cm³/mol. The Balaban J connectivity index is 0.000000291. The molecule has 0 N–H and O–H groups in total. The largest absolute Gasteiger partial charge is 0.247 e. The molecule has 1 heteroatoms. The fraction of sp³-hybridized carbons (Fsp3) is 1.00. The fourth-order valence-corrected chi connectivity index (χ4v) is 1.10. The highest BCUT2D eigenvalue weighted by molar-refractivity contribution is 4.72. The summed E-state index contributed by atoms with van der Waals surface area (Å²) in [4.78, 5) is 0. The Morgan fingerprint density at radius 3 is 1.89 bits per heavy atom. The van der Waals surface area contributed by atoms with Crippen LogP contribution >= 0.6 is 0 Å². The van der Waals surface area contributed by atoms with E-state index in [1.807, 2.05) is 20.8 Å². The molecule has 0 aromatic heterocycles. The highest BCUT2D eigenvalue weighted by Crippen LogP contribution is 2.26. The lowest BCUT2D eigenvalue weighted by molar-refractivity contribution is 0.278. The van der Waals surface area contributed by atoms with Crippen molar-refractivity contribution in [2.45, 2.75) is 46.2 Å². The SMILES string of the molecule is CC.C[C@H]1CCC[C@@H]1F. The van der Waals surface area contributed by atoms with E-state index < -0.39 is 6.17 Å². The third-order valence-corrected chi connectivity index (χ3v) is 1.76. The molecule has 1 aliphatic carbocycles. The van der Waals surface area contributed by atoms with Gasteiger partial charge in [-0.05, 0) is 18.8 Å². The topological polar surface area (TPSA) is 0 Å². The molecule has 0 amide bonds. The molecule has 56 valence electrons. The Kier molecular flexibility index (Phi) is 4.74. The summed E-state index contributed by atoms with van der Waals surface area (Å²) in [5.41, 5.74) is 0. The summed E-state index contributed by atoms with van der Waals surface area (Å²) < 4.78 is 12.3. The Bertz CT molecular complexity index is 53.6. The van der Waals surface area contributed by atoms with Crippen LogP contribution in [0.15, 0.2) is 0 Å². The number of hydrogen-bond acceptors (Lipinski definition) is 0. The van der Waals surface area contributed by atoms with Crippen molar-refractivity contribution in [2.75, 3.05) is 0 Å². The minimum absolute atomic E-state index is 0.347. The van der Waals surface area contributed by atoms with Gasteiger partial charge in [0, 0.05) is 0 Å². The molecular weight excluding hydrogens is 115 g/mol. The average Bonchev–Trinajstić information content (AvgIpc) is 2.23. The number of hydrogen-bond donors (Lipinski definition) is 0. The number of halogens is 1. The zero-order valence-corrected chi connectivity index (χ0v) is 6.65. The summed E-state index contributed by atoms with van der Waals surface area (Å²) in [6, 6.07) is 0. The lowest BCUT2D eigenvalue weighted by Crippen LogP contribution is -2.01. The first-order chi connectivity index (χ1) is 4.30. The molecule has 1 aliphatic rings. The van der Waals surface area contributed by atoms with Gasteiger partial charge >= 0.3 is 0 Å². The highest BCUT2D eigenvalue weighted by atomic mass is 19.1. The molecule has 0 radical (unpaired) electrons. The van der Waals surface area contributed by atoms with Crippen LogP contribution in [-0.4, -0.2) is 6.17 Å². The molecule has 0 heterocycles. The van der Waals surface area contributed by atoms with Gasteiger partial charge in [-0.15, -0.1) is 0 Å². The van der Waals surface area contributed by atoms with Gasteiger partial charge in [-0.2, -0.15) is 0 Å². The van der Waals surface area contributed by atoms with Crippen molar-refractivity contribution in [1.29, 1.82) is 0 Å². The summed E-state index contributed by atoms with van der Waals surface area (Å²) in [5, 5.41) is 0. The van der Waals surface area contributed by atoms with Gasteiger partial charge in [-0.3, -0.25) is 0 Å². The Morgan fingerprint density at radius 2 is 1.78 bits per heavy atom. The monoisotopic (exact) mass is 132 g/mol. The van der Waals surface area contributed by atoms with Gasteiger partial charge in [-0.25, -0.2) is 4.39 Å². The lowest BCUT2D eigenvalue weighted by atomic mass is 10.1. The first kappa shape index (κ1) is 8.93. The molecule has 1 rings (SSSR count). The summed E-state index contributed by atoms with van der Waals surface area (Å²) in [7, 11) is 0. The summed E-state index contributed by atoms with van der Waals surface area (Å²) in [6.07, 6.45) is 2.52. The molecule has 0 aromatic carbocycles. The maximum Gasteiger partial charge on any atom is 0.103 e. The smallest absolute Gasteiger partial charge is 0.103 e. The number of rotatable bonds is 0. The molecule has 1 saturated carbocycles. The highest BCUT2D eigenvalue weighted by Gasteiger charge is 2.21. The van der Waals surface area contributed by atoms with Crippen LogP contribution < -0.4 is 0 Å². The van der Waals surface area contributed by atoms with Gasteiger partial charge in [-0.1, -0.05) is 27.2 Å². The maximum absolute atomic E-state index is 12.3. The summed E-state index contributed by atoms with van der Waals surface area (Å²) in [6.45, 7) is 5.98. The standard InChI is InChI=1S/C6H11F.C2H6/c1-5-3-2-4-6(5)7;1-2/h5-6H,2-4H2,1H3;1-2H3/t5-,6-;/m0./s1. The normalized spacial score (nSPS) is 33.3. The van der Waals surface area contributed by atoms with Crippen molar-refractivity contribution in [2.24, 2.45) is 5.92 Å². The van der Waals surface area contributed by atoms with Crippen molar-refractivity contribution in [3.63, 3.8) is 0 Å². The quantitative estimate of drug-likeness (QED) is 0.475. The van der Waals surface area contributed by atoms with Gasteiger partial charge in [0.05, 0.1) is 0 Å². The van der Waals surface area contributed by atoms with E-state index in [-0.39, 0.29) is 0 Å². The van der Waals surface area contributed by atoms with Gasteiger partial charge in [0.2, 0.25) is 0 Å². The van der Waals surface area contributed by atoms with Crippen LogP contribution in [0.2, 0.25) is 0 Å². The predicted octanol–water partition coefficient (Wildman–Crippen LogP) is 3.17. The lowest BCUT2D eigenvalue weighted by Gasteiger charge is -2.00. The molecular formula is C8H17F. The molecule has 0 aromatic rings. The molecule has 9 heavy (non-hydrogen) atoms. The molecule has 1 fully saturated rings. The van der Waals surface area contributed by atoms with Crippen molar-refractivity contribution in [3.8, 4) is 0 Å². The van der Waals surface area contributed by atoms with Crippen molar-refractivity contribution >= 4 is 0 Å². The molecule has 0 nitrogen and oxygen atoms in total. The van der Waals surface area contributed by atoms with E-state index in [2.05, 4.69) is 0 Å². The fourth-order valence-electron chi connectivity index (χ4n) is 1.10. The first-order valence-electron chi connectivity index (χ1n) is 3.95. The van der Waals surface area contributed by atoms with Crippen LogP contribution in [0.1, 0.15) is 40.0 Å². The van der Waals surface area contributed by atoms with Crippen molar-refractivity contribution in [3.05, 3.63) is 0 Å². The van der Waals surface area contributed by atoms with Gasteiger partial charge in [0.15, 0.2) is 0 Å². The maximum atomic E-state index is 12.3. The average molecular weight is 132 g/mol. The number of alkyl halides is 1. The minimum atomic E-state index is -0.486. The van der Waals surface area contributed by atoms with Gasteiger partial charge < -0.3 is 0 Å². The second-order valence-corrected chi connectivity index (χ2v) is 2.42. The van der Waals surface area contributed by atoms with Crippen LogP contribution in [0, 0.1) is 5.92 Å². The van der Waals surface area contributed by atoms with E-state index in [4.69, 9.17) is 0 Å².